The van der Waals surface area contributed by atoms with Crippen molar-refractivity contribution in [2.45, 2.75) is 39.9 Å². The molecule has 5 rings (SSSR count). The number of nitrogens with zero attached hydrogens (tertiary/aromatic N) is 5. The number of hydrogen-bond donors (Lipinski definition) is 2. The van der Waals surface area contributed by atoms with E-state index in [2.05, 4.69) is 25.2 Å². The smallest absolute Gasteiger partial charge is 0.269 e. The van der Waals surface area contributed by atoms with E-state index < -0.39 is 0 Å². The van der Waals surface area contributed by atoms with E-state index in [1.165, 1.54) is 5.56 Å². The van der Waals surface area contributed by atoms with E-state index in [9.17, 15) is 9.59 Å². The van der Waals surface area contributed by atoms with Crippen molar-refractivity contribution in [1.82, 2.24) is 34.9 Å². The molecule has 0 fully saturated rings. The summed E-state index contributed by atoms with van der Waals surface area (Å²) in [7, 11) is 1.58. The summed E-state index contributed by atoms with van der Waals surface area (Å²) in [6, 6.07) is 7.44. The standard InChI is InChI=1S/C24H25N7O2/c1-4-16-8-20-21(28-23(16)32)7-15(9-26-20)11-30-12-18-14(2)29-31(22(18)13-30)17-5-6-19(27-10-17)24(33)25-3/h5-10H,4,11-13H2,1-3H3,(H,25,33)(H,28,32). The van der Waals surface area contributed by atoms with Crippen LogP contribution in [0, 0.1) is 6.92 Å². The first-order valence-corrected chi connectivity index (χ1v) is 11.0. The monoisotopic (exact) mass is 443 g/mol. The third kappa shape index (κ3) is 3.80. The number of nitrogens with one attached hydrogen (secondary N) is 2. The Bertz CT molecular complexity index is 1420. The topological polar surface area (TPSA) is 109 Å². The van der Waals surface area contributed by atoms with Gasteiger partial charge in [0.25, 0.3) is 11.5 Å². The molecule has 0 aliphatic carbocycles. The number of aromatic nitrogens is 5. The van der Waals surface area contributed by atoms with Gasteiger partial charge in [-0.3, -0.25) is 19.5 Å². The number of amides is 1. The average molecular weight is 444 g/mol. The second kappa shape index (κ2) is 8.25. The summed E-state index contributed by atoms with van der Waals surface area (Å²) in [5.74, 6) is -0.217. The van der Waals surface area contributed by atoms with Crippen LogP contribution in [0.2, 0.25) is 0 Å². The molecule has 2 N–H and O–H groups in total. The Morgan fingerprint density at radius 1 is 1.18 bits per heavy atom. The molecule has 0 radical (unpaired) electrons. The lowest BCUT2D eigenvalue weighted by atomic mass is 10.1. The Morgan fingerprint density at radius 3 is 2.76 bits per heavy atom. The Hall–Kier alpha value is -3.85. The second-order valence-corrected chi connectivity index (χ2v) is 8.30. The lowest BCUT2D eigenvalue weighted by Crippen LogP contribution is -2.19. The highest BCUT2D eigenvalue weighted by molar-refractivity contribution is 5.92. The fourth-order valence-corrected chi connectivity index (χ4v) is 4.34. The maximum atomic E-state index is 12.2. The third-order valence-electron chi connectivity index (χ3n) is 6.11. The maximum Gasteiger partial charge on any atom is 0.269 e. The molecule has 5 heterocycles. The van der Waals surface area contributed by atoms with Crippen molar-refractivity contribution in [2.24, 2.45) is 0 Å². The average Bonchev–Trinajstić information content (AvgIpc) is 3.37. The second-order valence-electron chi connectivity index (χ2n) is 8.30. The van der Waals surface area contributed by atoms with Gasteiger partial charge in [0.1, 0.15) is 5.69 Å². The van der Waals surface area contributed by atoms with Crippen molar-refractivity contribution < 1.29 is 4.79 Å². The van der Waals surface area contributed by atoms with Gasteiger partial charge in [-0.15, -0.1) is 0 Å². The number of rotatable bonds is 5. The molecular weight excluding hydrogens is 418 g/mol. The van der Waals surface area contributed by atoms with Crippen LogP contribution in [0.3, 0.4) is 0 Å². The predicted octanol–water partition coefficient (Wildman–Crippen LogP) is 2.25. The van der Waals surface area contributed by atoms with E-state index in [1.807, 2.05) is 42.9 Å². The number of pyridine rings is 3. The van der Waals surface area contributed by atoms with Gasteiger partial charge in [-0.05, 0) is 43.2 Å². The fraction of sp³-hybridized carbons (Fsp3) is 0.292. The van der Waals surface area contributed by atoms with Crippen LogP contribution in [0.4, 0.5) is 0 Å². The van der Waals surface area contributed by atoms with E-state index in [0.29, 0.717) is 18.7 Å². The number of hydrogen-bond acceptors (Lipinski definition) is 6. The molecule has 1 amide bonds. The molecule has 33 heavy (non-hydrogen) atoms. The summed E-state index contributed by atoms with van der Waals surface area (Å²) in [5.41, 5.74) is 7.81. The molecule has 9 heteroatoms. The van der Waals surface area contributed by atoms with Crippen molar-refractivity contribution in [3.63, 3.8) is 0 Å². The number of aromatic amines is 1. The van der Waals surface area contributed by atoms with Gasteiger partial charge in [-0.1, -0.05) is 6.92 Å². The predicted molar refractivity (Wildman–Crippen MR) is 124 cm³/mol. The summed E-state index contributed by atoms with van der Waals surface area (Å²) >= 11 is 0. The zero-order chi connectivity index (χ0) is 23.1. The number of aryl methyl sites for hydroxylation is 2. The minimum Gasteiger partial charge on any atom is -0.354 e. The van der Waals surface area contributed by atoms with E-state index in [1.54, 1.807) is 19.3 Å². The first-order valence-electron chi connectivity index (χ1n) is 11.0. The van der Waals surface area contributed by atoms with Gasteiger partial charge in [-0.2, -0.15) is 5.10 Å². The van der Waals surface area contributed by atoms with Gasteiger partial charge < -0.3 is 10.3 Å². The van der Waals surface area contributed by atoms with Crippen molar-refractivity contribution >= 4 is 16.9 Å². The minimum atomic E-state index is -0.217. The molecule has 0 atom stereocenters. The SMILES string of the molecule is CCc1cc2ncc(CN3Cc4c(C)nn(-c5ccc(C(=O)NC)nc5)c4C3)cc2[nH]c1=O. The molecule has 0 bridgehead atoms. The van der Waals surface area contributed by atoms with Crippen LogP contribution >= 0.6 is 0 Å². The number of carbonyl (C=O) groups excluding carboxylic acids is 1. The highest BCUT2D eigenvalue weighted by Crippen LogP contribution is 2.29. The summed E-state index contributed by atoms with van der Waals surface area (Å²) in [6.45, 7) is 6.21. The highest BCUT2D eigenvalue weighted by atomic mass is 16.1. The number of carbonyl (C=O) groups is 1. The van der Waals surface area contributed by atoms with Crippen molar-refractivity contribution in [3.05, 3.63) is 80.8 Å². The molecular formula is C24H25N7O2. The molecule has 0 unspecified atom stereocenters. The zero-order valence-corrected chi connectivity index (χ0v) is 18.8. The van der Waals surface area contributed by atoms with E-state index >= 15 is 0 Å². The Morgan fingerprint density at radius 2 is 2.03 bits per heavy atom. The van der Waals surface area contributed by atoms with Crippen molar-refractivity contribution in [1.29, 1.82) is 0 Å². The fourth-order valence-electron chi connectivity index (χ4n) is 4.34. The van der Waals surface area contributed by atoms with Crippen LogP contribution in [0.15, 0.2) is 41.5 Å². The van der Waals surface area contributed by atoms with Crippen LogP contribution in [0.25, 0.3) is 16.7 Å². The molecule has 0 aromatic carbocycles. The minimum absolute atomic E-state index is 0.0516. The van der Waals surface area contributed by atoms with Crippen LogP contribution < -0.4 is 10.9 Å². The van der Waals surface area contributed by atoms with Gasteiger partial charge in [0.05, 0.1) is 34.3 Å². The third-order valence-corrected chi connectivity index (χ3v) is 6.11. The first-order chi connectivity index (χ1) is 16.0. The Kier molecular flexibility index (Phi) is 5.26. The lowest BCUT2D eigenvalue weighted by molar-refractivity contribution is 0.0958. The van der Waals surface area contributed by atoms with Crippen LogP contribution in [-0.4, -0.2) is 42.6 Å². The summed E-state index contributed by atoms with van der Waals surface area (Å²) in [6.07, 6.45) is 4.24. The van der Waals surface area contributed by atoms with Crippen LogP contribution in [0.5, 0.6) is 0 Å². The lowest BCUT2D eigenvalue weighted by Gasteiger charge is -2.16. The molecule has 4 aromatic heterocycles. The van der Waals surface area contributed by atoms with E-state index in [0.717, 1.165) is 52.3 Å². The number of H-pyrrole nitrogens is 1. The largest absolute Gasteiger partial charge is 0.354 e. The molecule has 0 saturated heterocycles. The van der Waals surface area contributed by atoms with Gasteiger partial charge in [0.2, 0.25) is 0 Å². The van der Waals surface area contributed by atoms with Crippen molar-refractivity contribution in [3.8, 4) is 5.69 Å². The molecule has 0 saturated carbocycles. The molecule has 4 aromatic rings. The normalized spacial score (nSPS) is 13.4. The zero-order valence-electron chi connectivity index (χ0n) is 18.8. The van der Waals surface area contributed by atoms with Crippen molar-refractivity contribution in [2.75, 3.05) is 7.05 Å². The van der Waals surface area contributed by atoms with Gasteiger partial charge in [0, 0.05) is 44.0 Å². The molecule has 1 aliphatic heterocycles. The van der Waals surface area contributed by atoms with Crippen LogP contribution in [0.1, 0.15) is 45.5 Å². The summed E-state index contributed by atoms with van der Waals surface area (Å²) < 4.78 is 1.91. The van der Waals surface area contributed by atoms with Crippen LogP contribution in [-0.2, 0) is 26.1 Å². The summed E-state index contributed by atoms with van der Waals surface area (Å²) in [5, 5.41) is 7.28. The Labute approximate surface area is 190 Å². The van der Waals surface area contributed by atoms with E-state index in [-0.39, 0.29) is 11.5 Å². The van der Waals surface area contributed by atoms with E-state index in [4.69, 9.17) is 5.10 Å². The van der Waals surface area contributed by atoms with Gasteiger partial charge >= 0.3 is 0 Å². The molecule has 9 nitrogen and oxygen atoms in total. The Balaban J connectivity index is 1.38. The highest BCUT2D eigenvalue weighted by Gasteiger charge is 2.27. The number of fused-ring (bicyclic) bond motifs is 2. The molecule has 1 aliphatic rings. The quantitative estimate of drug-likeness (QED) is 0.490. The maximum absolute atomic E-state index is 12.2. The van der Waals surface area contributed by atoms with Gasteiger partial charge in [0.15, 0.2) is 0 Å². The molecule has 0 spiro atoms. The molecule has 168 valence electrons. The van der Waals surface area contributed by atoms with Gasteiger partial charge in [-0.25, -0.2) is 9.67 Å². The summed E-state index contributed by atoms with van der Waals surface area (Å²) in [4.78, 5) is 38.1. The first kappa shape index (κ1) is 21.0.